The zero-order chi connectivity index (χ0) is 18.2. The Morgan fingerprint density at radius 2 is 1.65 bits per heavy atom. The van der Waals surface area contributed by atoms with Gasteiger partial charge in [0.15, 0.2) is 0 Å². The maximum Gasteiger partial charge on any atom is 0.271 e. The summed E-state index contributed by atoms with van der Waals surface area (Å²) in [4.78, 5) is 16.1. The highest BCUT2D eigenvalue weighted by molar-refractivity contribution is 6.04. The van der Waals surface area contributed by atoms with Crippen molar-refractivity contribution in [3.05, 3.63) is 95.8 Å². The standard InChI is InChI=1S/C21H19N3O2/c25-20-9-5-4-8-18(20)19(11-10-16-6-2-1-3-7-16)23-24-21(26)17-12-14-22-15-13-17/h1-9,12-15,25H,10-11H2,(H,24,26)/b23-19+. The maximum absolute atomic E-state index is 12.2. The van der Waals surface area contributed by atoms with Crippen molar-refractivity contribution in [1.29, 1.82) is 0 Å². The fraction of sp³-hybridized carbons (Fsp3) is 0.0952. The Labute approximate surface area is 152 Å². The lowest BCUT2D eigenvalue weighted by atomic mass is 10.0. The summed E-state index contributed by atoms with van der Waals surface area (Å²) in [6.07, 6.45) is 4.44. The molecule has 3 rings (SSSR count). The van der Waals surface area contributed by atoms with Crippen molar-refractivity contribution in [1.82, 2.24) is 10.4 Å². The van der Waals surface area contributed by atoms with Gasteiger partial charge in [-0.15, -0.1) is 0 Å². The molecule has 0 fully saturated rings. The summed E-state index contributed by atoms with van der Waals surface area (Å²) < 4.78 is 0. The number of carbonyl (C=O) groups excluding carboxylic acids is 1. The zero-order valence-corrected chi connectivity index (χ0v) is 14.2. The number of nitrogens with zero attached hydrogens (tertiary/aromatic N) is 2. The number of carbonyl (C=O) groups is 1. The van der Waals surface area contributed by atoms with Gasteiger partial charge in [-0.25, -0.2) is 5.43 Å². The number of aromatic nitrogens is 1. The third kappa shape index (κ3) is 4.54. The lowest BCUT2D eigenvalue weighted by Crippen LogP contribution is -2.20. The van der Waals surface area contributed by atoms with E-state index < -0.39 is 0 Å². The number of benzene rings is 2. The molecule has 0 unspecified atom stereocenters. The van der Waals surface area contributed by atoms with Crippen molar-refractivity contribution in [2.75, 3.05) is 0 Å². The van der Waals surface area contributed by atoms with Crippen LogP contribution < -0.4 is 5.43 Å². The Bertz CT molecular complexity index is 893. The number of hydrogen-bond donors (Lipinski definition) is 2. The zero-order valence-electron chi connectivity index (χ0n) is 14.2. The first-order valence-electron chi connectivity index (χ1n) is 8.33. The van der Waals surface area contributed by atoms with Crippen molar-refractivity contribution < 1.29 is 9.90 Å². The lowest BCUT2D eigenvalue weighted by Gasteiger charge is -2.10. The SMILES string of the molecule is O=C(N/N=C(\CCc1ccccc1)c1ccccc1O)c1ccncc1. The molecule has 0 radical (unpaired) electrons. The predicted molar refractivity (Wildman–Crippen MR) is 101 cm³/mol. The monoisotopic (exact) mass is 345 g/mol. The van der Waals surface area contributed by atoms with Crippen LogP contribution in [0.2, 0.25) is 0 Å². The first-order chi connectivity index (χ1) is 12.7. The molecule has 0 aliphatic heterocycles. The van der Waals surface area contributed by atoms with Crippen LogP contribution in [0, 0.1) is 0 Å². The third-order valence-corrected chi connectivity index (χ3v) is 3.94. The van der Waals surface area contributed by atoms with Crippen molar-refractivity contribution in [3.63, 3.8) is 0 Å². The quantitative estimate of drug-likeness (QED) is 0.530. The van der Waals surface area contributed by atoms with Crippen LogP contribution in [0.4, 0.5) is 0 Å². The first-order valence-corrected chi connectivity index (χ1v) is 8.33. The van der Waals surface area contributed by atoms with E-state index in [-0.39, 0.29) is 11.7 Å². The van der Waals surface area contributed by atoms with Crippen molar-refractivity contribution in [3.8, 4) is 5.75 Å². The topological polar surface area (TPSA) is 74.6 Å². The second-order valence-electron chi connectivity index (χ2n) is 5.74. The molecule has 1 amide bonds. The Morgan fingerprint density at radius 3 is 2.38 bits per heavy atom. The van der Waals surface area contributed by atoms with Crippen LogP contribution in [-0.2, 0) is 6.42 Å². The first kappa shape index (κ1) is 17.4. The lowest BCUT2D eigenvalue weighted by molar-refractivity contribution is 0.0954. The van der Waals surface area contributed by atoms with Crippen molar-refractivity contribution in [2.24, 2.45) is 5.10 Å². The maximum atomic E-state index is 12.2. The smallest absolute Gasteiger partial charge is 0.271 e. The summed E-state index contributed by atoms with van der Waals surface area (Å²) in [6.45, 7) is 0. The van der Waals surface area contributed by atoms with Crippen molar-refractivity contribution in [2.45, 2.75) is 12.8 Å². The molecule has 0 spiro atoms. The second kappa shape index (κ2) is 8.58. The number of rotatable bonds is 6. The summed E-state index contributed by atoms with van der Waals surface area (Å²) in [5, 5.41) is 14.4. The molecule has 0 aliphatic rings. The summed E-state index contributed by atoms with van der Waals surface area (Å²) in [5.41, 5.74) is 5.44. The van der Waals surface area contributed by atoms with E-state index in [0.717, 1.165) is 12.0 Å². The molecule has 0 aliphatic carbocycles. The Morgan fingerprint density at radius 1 is 0.962 bits per heavy atom. The molecule has 3 aromatic rings. The van der Waals surface area contributed by atoms with Gasteiger partial charge in [0.05, 0.1) is 5.71 Å². The van der Waals surface area contributed by atoms with Gasteiger partial charge < -0.3 is 5.11 Å². The minimum Gasteiger partial charge on any atom is -0.507 e. The summed E-state index contributed by atoms with van der Waals surface area (Å²) in [7, 11) is 0. The number of pyridine rings is 1. The van der Waals surface area contributed by atoms with Crippen LogP contribution in [0.5, 0.6) is 5.75 Å². The number of hydrazone groups is 1. The number of amides is 1. The molecule has 2 aromatic carbocycles. The number of aryl methyl sites for hydroxylation is 1. The van der Waals surface area contributed by atoms with Gasteiger partial charge in [-0.1, -0.05) is 42.5 Å². The molecule has 1 aromatic heterocycles. The van der Waals surface area contributed by atoms with Crippen LogP contribution in [0.25, 0.3) is 0 Å². The van der Waals surface area contributed by atoms with E-state index in [9.17, 15) is 9.90 Å². The molecular weight excluding hydrogens is 326 g/mol. The fourth-order valence-corrected chi connectivity index (χ4v) is 2.56. The molecule has 0 saturated heterocycles. The van der Waals surface area contributed by atoms with E-state index in [4.69, 9.17) is 0 Å². The molecule has 1 heterocycles. The van der Waals surface area contributed by atoms with Gasteiger partial charge in [0.2, 0.25) is 0 Å². The van der Waals surface area contributed by atoms with E-state index >= 15 is 0 Å². The van der Waals surface area contributed by atoms with Gasteiger partial charge in [0, 0.05) is 23.5 Å². The predicted octanol–water partition coefficient (Wildman–Crippen LogP) is 3.55. The van der Waals surface area contributed by atoms with Gasteiger partial charge >= 0.3 is 0 Å². The number of aromatic hydroxyl groups is 1. The number of para-hydroxylation sites is 1. The van der Waals surface area contributed by atoms with Crippen LogP contribution in [0.15, 0.2) is 84.2 Å². The molecular formula is C21H19N3O2. The minimum atomic E-state index is -0.319. The Balaban J connectivity index is 1.80. The van der Waals surface area contributed by atoms with Gasteiger partial charge in [-0.3, -0.25) is 9.78 Å². The molecule has 5 nitrogen and oxygen atoms in total. The third-order valence-electron chi connectivity index (χ3n) is 3.94. The van der Waals surface area contributed by atoms with Crippen LogP contribution in [0.3, 0.4) is 0 Å². The highest BCUT2D eigenvalue weighted by Crippen LogP contribution is 2.19. The van der Waals surface area contributed by atoms with Gasteiger partial charge in [-0.05, 0) is 42.7 Å². The molecule has 0 atom stereocenters. The van der Waals surface area contributed by atoms with Crippen LogP contribution in [0.1, 0.15) is 27.9 Å². The highest BCUT2D eigenvalue weighted by atomic mass is 16.3. The summed E-state index contributed by atoms with van der Waals surface area (Å²) >= 11 is 0. The number of phenols is 1. The normalized spacial score (nSPS) is 11.2. The average Bonchev–Trinajstić information content (AvgIpc) is 2.70. The Hall–Kier alpha value is -3.47. The van der Waals surface area contributed by atoms with Gasteiger partial charge in [-0.2, -0.15) is 5.10 Å². The molecule has 0 bridgehead atoms. The number of hydrogen-bond acceptors (Lipinski definition) is 4. The van der Waals surface area contributed by atoms with Crippen LogP contribution >= 0.6 is 0 Å². The average molecular weight is 345 g/mol. The number of phenolic OH excluding ortho intramolecular Hbond substituents is 1. The number of nitrogens with one attached hydrogen (secondary N) is 1. The van der Waals surface area contributed by atoms with E-state index in [1.165, 1.54) is 0 Å². The molecule has 0 saturated carbocycles. The molecule has 2 N–H and O–H groups in total. The molecule has 130 valence electrons. The highest BCUT2D eigenvalue weighted by Gasteiger charge is 2.11. The summed E-state index contributed by atoms with van der Waals surface area (Å²) in [5.74, 6) is -0.183. The second-order valence-corrected chi connectivity index (χ2v) is 5.74. The van der Waals surface area contributed by atoms with Crippen molar-refractivity contribution >= 4 is 11.6 Å². The molecule has 26 heavy (non-hydrogen) atoms. The molecule has 5 heteroatoms. The van der Waals surface area contributed by atoms with Gasteiger partial charge in [0.1, 0.15) is 5.75 Å². The minimum absolute atomic E-state index is 0.137. The fourth-order valence-electron chi connectivity index (χ4n) is 2.56. The van der Waals surface area contributed by atoms with E-state index in [1.54, 1.807) is 42.7 Å². The van der Waals surface area contributed by atoms with E-state index in [2.05, 4.69) is 15.5 Å². The van der Waals surface area contributed by atoms with Gasteiger partial charge in [0.25, 0.3) is 5.91 Å². The largest absolute Gasteiger partial charge is 0.507 e. The van der Waals surface area contributed by atoms with E-state index in [0.29, 0.717) is 23.3 Å². The summed E-state index contributed by atoms with van der Waals surface area (Å²) in [6, 6.07) is 20.2. The van der Waals surface area contributed by atoms with Crippen LogP contribution in [-0.4, -0.2) is 21.7 Å². The Kier molecular flexibility index (Phi) is 5.72. The van der Waals surface area contributed by atoms with E-state index in [1.807, 2.05) is 36.4 Å².